The van der Waals surface area contributed by atoms with Gasteiger partial charge in [0.1, 0.15) is 0 Å². The van der Waals surface area contributed by atoms with E-state index in [-0.39, 0.29) is 29.9 Å². The molecule has 2 amide bonds. The molecule has 2 aromatic carbocycles. The van der Waals surface area contributed by atoms with Gasteiger partial charge < -0.3 is 10.6 Å². The first-order valence-electron chi connectivity index (χ1n) is 8.93. The van der Waals surface area contributed by atoms with Crippen molar-refractivity contribution < 1.29 is 14.4 Å². The number of carbonyl (C=O) groups is 3. The number of fused-ring (bicyclic) bond motifs is 1. The second-order valence-corrected chi connectivity index (χ2v) is 7.86. The van der Waals surface area contributed by atoms with Gasteiger partial charge in [-0.2, -0.15) is 0 Å². The molecule has 144 valence electrons. The SMILES string of the molecule is CC(=O)c1cccc(NC(=O)Cc2ccc3nc(NC(=O)C(C)C)sc3c2)c1. The number of aromatic nitrogens is 1. The Bertz CT molecular complexity index is 1060. The van der Waals surface area contributed by atoms with Crippen LogP contribution in [0.5, 0.6) is 0 Å². The summed E-state index contributed by atoms with van der Waals surface area (Å²) in [5.41, 5.74) is 2.77. The number of benzene rings is 2. The first-order chi connectivity index (χ1) is 13.3. The molecular weight excluding hydrogens is 374 g/mol. The number of thiazole rings is 1. The van der Waals surface area contributed by atoms with Gasteiger partial charge >= 0.3 is 0 Å². The van der Waals surface area contributed by atoms with Crippen LogP contribution in [0.3, 0.4) is 0 Å². The molecule has 1 aromatic heterocycles. The molecule has 28 heavy (non-hydrogen) atoms. The van der Waals surface area contributed by atoms with Crippen LogP contribution in [0, 0.1) is 5.92 Å². The van der Waals surface area contributed by atoms with Crippen LogP contribution >= 0.6 is 11.3 Å². The largest absolute Gasteiger partial charge is 0.326 e. The fourth-order valence-electron chi connectivity index (χ4n) is 2.59. The van der Waals surface area contributed by atoms with Crippen molar-refractivity contribution in [3.05, 3.63) is 53.6 Å². The zero-order chi connectivity index (χ0) is 20.3. The Balaban J connectivity index is 1.70. The Morgan fingerprint density at radius 3 is 2.57 bits per heavy atom. The van der Waals surface area contributed by atoms with Crippen LogP contribution in [0.4, 0.5) is 10.8 Å². The van der Waals surface area contributed by atoms with E-state index in [1.165, 1.54) is 18.3 Å². The van der Waals surface area contributed by atoms with Gasteiger partial charge in [-0.25, -0.2) is 4.98 Å². The highest BCUT2D eigenvalue weighted by Crippen LogP contribution is 2.27. The third-order valence-electron chi connectivity index (χ3n) is 4.12. The summed E-state index contributed by atoms with van der Waals surface area (Å²) in [4.78, 5) is 40.0. The van der Waals surface area contributed by atoms with Crippen LogP contribution in [0.25, 0.3) is 10.2 Å². The molecule has 0 aliphatic rings. The highest BCUT2D eigenvalue weighted by Gasteiger charge is 2.12. The number of nitrogens with one attached hydrogen (secondary N) is 2. The van der Waals surface area contributed by atoms with E-state index in [1.54, 1.807) is 24.3 Å². The van der Waals surface area contributed by atoms with E-state index in [2.05, 4.69) is 15.6 Å². The van der Waals surface area contributed by atoms with Crippen LogP contribution < -0.4 is 10.6 Å². The molecule has 3 aromatic rings. The molecule has 7 heteroatoms. The van der Waals surface area contributed by atoms with Gasteiger partial charge in [-0.15, -0.1) is 0 Å². The lowest BCUT2D eigenvalue weighted by atomic mass is 10.1. The molecule has 0 saturated heterocycles. The van der Waals surface area contributed by atoms with Crippen molar-refractivity contribution >= 4 is 50.0 Å². The van der Waals surface area contributed by atoms with E-state index < -0.39 is 0 Å². The molecule has 0 spiro atoms. The monoisotopic (exact) mass is 395 g/mol. The van der Waals surface area contributed by atoms with Gasteiger partial charge in [0.15, 0.2) is 10.9 Å². The predicted molar refractivity (Wildman–Crippen MR) is 112 cm³/mol. The first kappa shape index (κ1) is 19.7. The maximum absolute atomic E-state index is 12.4. The lowest BCUT2D eigenvalue weighted by Crippen LogP contribution is -2.17. The van der Waals surface area contributed by atoms with Crippen molar-refractivity contribution in [3.63, 3.8) is 0 Å². The van der Waals surface area contributed by atoms with Gasteiger partial charge in [0, 0.05) is 17.2 Å². The average molecular weight is 395 g/mol. The number of carbonyl (C=O) groups excluding carboxylic acids is 3. The van der Waals surface area contributed by atoms with Crippen LogP contribution in [-0.2, 0) is 16.0 Å². The van der Waals surface area contributed by atoms with E-state index in [0.29, 0.717) is 16.4 Å². The molecule has 0 atom stereocenters. The van der Waals surface area contributed by atoms with Gasteiger partial charge in [0.05, 0.1) is 16.6 Å². The highest BCUT2D eigenvalue weighted by molar-refractivity contribution is 7.22. The smallest absolute Gasteiger partial charge is 0.228 e. The second kappa shape index (κ2) is 8.31. The van der Waals surface area contributed by atoms with Crippen molar-refractivity contribution in [2.24, 2.45) is 5.92 Å². The Morgan fingerprint density at radius 2 is 1.86 bits per heavy atom. The summed E-state index contributed by atoms with van der Waals surface area (Å²) in [6.07, 6.45) is 0.200. The van der Waals surface area contributed by atoms with Gasteiger partial charge in [-0.05, 0) is 36.8 Å². The topological polar surface area (TPSA) is 88.2 Å². The third kappa shape index (κ3) is 4.80. The molecule has 0 aliphatic heterocycles. The molecule has 0 saturated carbocycles. The van der Waals surface area contributed by atoms with E-state index in [0.717, 1.165) is 15.8 Å². The molecule has 6 nitrogen and oxygen atoms in total. The molecular formula is C21H21N3O3S. The number of hydrogen-bond acceptors (Lipinski definition) is 5. The number of nitrogens with zero attached hydrogens (tertiary/aromatic N) is 1. The molecule has 3 rings (SSSR count). The minimum Gasteiger partial charge on any atom is -0.326 e. The summed E-state index contributed by atoms with van der Waals surface area (Å²) in [5, 5.41) is 6.17. The molecule has 2 N–H and O–H groups in total. The quantitative estimate of drug-likeness (QED) is 0.610. The van der Waals surface area contributed by atoms with Crippen molar-refractivity contribution in [3.8, 4) is 0 Å². The van der Waals surface area contributed by atoms with Crippen LogP contribution in [0.1, 0.15) is 36.7 Å². The fraction of sp³-hybridized carbons (Fsp3) is 0.238. The zero-order valence-electron chi connectivity index (χ0n) is 15.9. The molecule has 0 aliphatic carbocycles. The van der Waals surface area contributed by atoms with Gasteiger partial charge in [-0.3, -0.25) is 14.4 Å². The zero-order valence-corrected chi connectivity index (χ0v) is 16.7. The van der Waals surface area contributed by atoms with E-state index in [1.807, 2.05) is 32.0 Å². The minimum atomic E-state index is -0.169. The van der Waals surface area contributed by atoms with Gasteiger partial charge in [0.25, 0.3) is 0 Å². The number of hydrogen-bond donors (Lipinski definition) is 2. The lowest BCUT2D eigenvalue weighted by molar-refractivity contribution is -0.119. The summed E-state index contributed by atoms with van der Waals surface area (Å²) in [5.74, 6) is -0.413. The molecule has 0 unspecified atom stereocenters. The molecule has 1 heterocycles. The second-order valence-electron chi connectivity index (χ2n) is 6.83. The van der Waals surface area contributed by atoms with Crippen molar-refractivity contribution in [2.75, 3.05) is 10.6 Å². The normalized spacial score (nSPS) is 10.9. The number of ketones is 1. The Kier molecular flexibility index (Phi) is 5.84. The summed E-state index contributed by atoms with van der Waals surface area (Å²) >= 11 is 1.38. The lowest BCUT2D eigenvalue weighted by Gasteiger charge is -2.06. The Labute approximate surface area is 167 Å². The first-order valence-corrected chi connectivity index (χ1v) is 9.74. The minimum absolute atomic E-state index is 0.0490. The maximum Gasteiger partial charge on any atom is 0.228 e. The van der Waals surface area contributed by atoms with Crippen molar-refractivity contribution in [2.45, 2.75) is 27.2 Å². The van der Waals surface area contributed by atoms with Gasteiger partial charge in [0.2, 0.25) is 11.8 Å². The summed E-state index contributed by atoms with van der Waals surface area (Å²) in [7, 11) is 0. The van der Waals surface area contributed by atoms with Crippen LogP contribution in [0.2, 0.25) is 0 Å². The standard InChI is InChI=1S/C21H21N3O3S/c1-12(2)20(27)24-21-23-17-8-7-14(9-18(17)28-21)10-19(26)22-16-6-4-5-15(11-16)13(3)25/h4-9,11-12H,10H2,1-3H3,(H,22,26)(H,23,24,27). The van der Waals surface area contributed by atoms with Crippen molar-refractivity contribution in [1.29, 1.82) is 0 Å². The van der Waals surface area contributed by atoms with E-state index in [9.17, 15) is 14.4 Å². The number of rotatable bonds is 6. The van der Waals surface area contributed by atoms with Crippen molar-refractivity contribution in [1.82, 2.24) is 4.98 Å². The predicted octanol–water partition coefficient (Wildman–Crippen LogP) is 4.27. The molecule has 0 fully saturated rings. The Hall–Kier alpha value is -3.06. The van der Waals surface area contributed by atoms with Crippen LogP contribution in [-0.4, -0.2) is 22.6 Å². The number of anilines is 2. The average Bonchev–Trinajstić information content (AvgIpc) is 3.03. The van der Waals surface area contributed by atoms with Crippen LogP contribution in [0.15, 0.2) is 42.5 Å². The summed E-state index contributed by atoms with van der Waals surface area (Å²) in [6, 6.07) is 12.5. The number of Topliss-reactive ketones (excluding diaryl/α,β-unsaturated/α-hetero) is 1. The summed E-state index contributed by atoms with van der Waals surface area (Å²) in [6.45, 7) is 5.14. The Morgan fingerprint density at radius 1 is 1.07 bits per heavy atom. The maximum atomic E-state index is 12.4. The van der Waals surface area contributed by atoms with E-state index in [4.69, 9.17) is 0 Å². The highest BCUT2D eigenvalue weighted by atomic mass is 32.1. The molecule has 0 bridgehead atoms. The third-order valence-corrected chi connectivity index (χ3v) is 5.06. The molecule has 0 radical (unpaired) electrons. The fourth-order valence-corrected chi connectivity index (χ4v) is 3.52. The number of amides is 2. The summed E-state index contributed by atoms with van der Waals surface area (Å²) < 4.78 is 0.905. The van der Waals surface area contributed by atoms with E-state index >= 15 is 0 Å². The van der Waals surface area contributed by atoms with Gasteiger partial charge in [-0.1, -0.05) is 43.4 Å².